The van der Waals surface area contributed by atoms with Crippen LogP contribution < -0.4 is 0 Å². The number of hydrogen-bond acceptors (Lipinski definition) is 5. The minimum absolute atomic E-state index is 0. The molecule has 0 amide bonds. The van der Waals surface area contributed by atoms with Crippen LogP contribution in [0.25, 0.3) is 26.8 Å². The highest BCUT2D eigenvalue weighted by Crippen LogP contribution is 2.30. The van der Waals surface area contributed by atoms with Gasteiger partial charge in [0.25, 0.3) is 5.69 Å². The van der Waals surface area contributed by atoms with Gasteiger partial charge in [0, 0.05) is 23.3 Å². The van der Waals surface area contributed by atoms with Crippen LogP contribution in [0.1, 0.15) is 1.43 Å². The molecule has 0 fully saturated rings. The summed E-state index contributed by atoms with van der Waals surface area (Å²) in [4.78, 5) is 15.5. The van der Waals surface area contributed by atoms with Gasteiger partial charge in [-0.25, -0.2) is 13.9 Å². The Morgan fingerprint density at radius 2 is 1.79 bits per heavy atom. The highest BCUT2D eigenvalue weighted by atomic mass is 32.1. The number of hydrogen-bond donors (Lipinski definition) is 0. The van der Waals surface area contributed by atoms with E-state index < -0.39 is 12.2 Å². The second-order valence-electron chi connectivity index (χ2n) is 5.54. The van der Waals surface area contributed by atoms with E-state index in [4.69, 9.17) is 0 Å². The van der Waals surface area contributed by atoms with Crippen LogP contribution in [-0.4, -0.2) is 26.8 Å². The minimum atomic E-state index is -6.00. The van der Waals surface area contributed by atoms with E-state index in [1.807, 2.05) is 0 Å². The van der Waals surface area contributed by atoms with E-state index in [2.05, 4.69) is 10.1 Å². The molecule has 0 N–H and O–H groups in total. The molecule has 0 unspecified atom stereocenters. The molecule has 150 valence electrons. The van der Waals surface area contributed by atoms with Crippen LogP contribution >= 0.6 is 11.3 Å². The lowest BCUT2D eigenvalue weighted by Gasteiger charge is -1.97. The third kappa shape index (κ3) is 5.13. The van der Waals surface area contributed by atoms with Gasteiger partial charge in [0.05, 0.1) is 16.8 Å². The highest BCUT2D eigenvalue weighted by molar-refractivity contribution is 7.19. The van der Waals surface area contributed by atoms with Crippen molar-refractivity contribution in [2.24, 2.45) is 0 Å². The molecule has 13 heteroatoms. The third-order valence-corrected chi connectivity index (χ3v) is 4.46. The molecule has 0 aliphatic heterocycles. The topological polar surface area (TPSA) is 73.3 Å². The van der Waals surface area contributed by atoms with Gasteiger partial charge >= 0.3 is 8.68 Å². The molecule has 0 atom stereocenters. The first kappa shape index (κ1) is 20.4. The van der Waals surface area contributed by atoms with Gasteiger partial charge in [-0.3, -0.25) is 10.1 Å². The number of imidazole rings is 1. The van der Waals surface area contributed by atoms with Crippen molar-refractivity contribution >= 4 is 29.2 Å². The SMILES string of the molecule is F[B-](F)(F)F.O=[N+]([O-])c1cccc(-c2cn3nc(-c4ccccc4F)sc3n2)c1.[H+]. The molecule has 6 nitrogen and oxygen atoms in total. The van der Waals surface area contributed by atoms with Crippen LogP contribution in [-0.2, 0) is 0 Å². The Morgan fingerprint density at radius 1 is 1.10 bits per heavy atom. The van der Waals surface area contributed by atoms with Crippen LogP contribution in [0.5, 0.6) is 0 Å². The van der Waals surface area contributed by atoms with Crippen molar-refractivity contribution < 1.29 is 28.0 Å². The molecule has 0 bridgehead atoms. The summed E-state index contributed by atoms with van der Waals surface area (Å²) >= 11 is 1.26. The number of non-ortho nitro benzene ring substituents is 1. The zero-order valence-corrected chi connectivity index (χ0v) is 15.0. The molecular weight excluding hydrogens is 418 g/mol. The van der Waals surface area contributed by atoms with Crippen molar-refractivity contribution in [3.05, 3.63) is 70.7 Å². The summed E-state index contributed by atoms with van der Waals surface area (Å²) in [5.74, 6) is -0.339. The predicted octanol–water partition coefficient (Wildman–Crippen LogP) is 5.58. The van der Waals surface area contributed by atoms with E-state index in [9.17, 15) is 31.8 Å². The van der Waals surface area contributed by atoms with Crippen LogP contribution in [0.15, 0.2) is 54.7 Å². The van der Waals surface area contributed by atoms with Gasteiger partial charge in [0.2, 0.25) is 4.96 Å². The van der Waals surface area contributed by atoms with Crippen LogP contribution in [0.2, 0.25) is 0 Å². The average molecular weight is 428 g/mol. The fraction of sp³-hybridized carbons (Fsp3) is 0. The molecule has 4 rings (SSSR count). The summed E-state index contributed by atoms with van der Waals surface area (Å²) < 4.78 is 54.4. The lowest BCUT2D eigenvalue weighted by atomic mass is 10.1. The fourth-order valence-corrected chi connectivity index (χ4v) is 3.27. The normalized spacial score (nSPS) is 11.2. The van der Waals surface area contributed by atoms with E-state index in [-0.39, 0.29) is 12.9 Å². The Morgan fingerprint density at radius 3 is 2.41 bits per heavy atom. The Kier molecular flexibility index (Phi) is 5.59. The maximum Gasteiger partial charge on any atom is 1.00 e. The van der Waals surface area contributed by atoms with E-state index in [1.54, 1.807) is 41.0 Å². The monoisotopic (exact) mass is 428 g/mol. The molecule has 2 heterocycles. The first-order valence-corrected chi connectivity index (χ1v) is 8.67. The van der Waals surface area contributed by atoms with Crippen molar-refractivity contribution in [2.45, 2.75) is 0 Å². The number of halogens is 5. The Bertz CT molecular complexity index is 1150. The number of rotatable bonds is 3. The van der Waals surface area contributed by atoms with Crippen molar-refractivity contribution in [1.29, 1.82) is 0 Å². The first-order chi connectivity index (χ1) is 13.6. The van der Waals surface area contributed by atoms with Crippen molar-refractivity contribution in [2.75, 3.05) is 0 Å². The number of aromatic nitrogens is 3. The zero-order valence-electron chi connectivity index (χ0n) is 15.2. The van der Waals surface area contributed by atoms with E-state index in [0.717, 1.165) is 0 Å². The number of nitrogens with zero attached hydrogens (tertiary/aromatic N) is 4. The second-order valence-corrected chi connectivity index (χ2v) is 6.50. The molecule has 0 radical (unpaired) electrons. The quantitative estimate of drug-likeness (QED) is 0.185. The lowest BCUT2D eigenvalue weighted by molar-refractivity contribution is -0.384. The number of nitro benzene ring substituents is 1. The minimum Gasteiger partial charge on any atom is -0.418 e. The molecule has 0 saturated carbocycles. The maximum atomic E-state index is 13.8. The van der Waals surface area contributed by atoms with E-state index >= 15 is 0 Å². The zero-order chi connectivity index (χ0) is 21.2. The largest absolute Gasteiger partial charge is 1.00 e. The average Bonchev–Trinajstić information content (AvgIpc) is 3.20. The summed E-state index contributed by atoms with van der Waals surface area (Å²) in [7, 11) is -6.00. The molecular formula is C16H10BF5N4O2S. The third-order valence-electron chi connectivity index (χ3n) is 3.50. The molecule has 0 spiro atoms. The Balaban J connectivity index is 0.000000482. The van der Waals surface area contributed by atoms with Gasteiger partial charge < -0.3 is 17.3 Å². The summed E-state index contributed by atoms with van der Waals surface area (Å²) in [5, 5.41) is 15.7. The molecule has 0 saturated heterocycles. The molecule has 4 aromatic rings. The highest BCUT2D eigenvalue weighted by Gasteiger charge is 2.20. The van der Waals surface area contributed by atoms with Gasteiger partial charge in [-0.05, 0) is 12.1 Å². The summed E-state index contributed by atoms with van der Waals surface area (Å²) in [6, 6.07) is 12.7. The molecule has 2 aromatic carbocycles. The van der Waals surface area contributed by atoms with Crippen molar-refractivity contribution in [3.8, 4) is 21.8 Å². The maximum absolute atomic E-state index is 13.8. The first-order valence-electron chi connectivity index (χ1n) is 7.85. The van der Waals surface area contributed by atoms with Crippen molar-refractivity contribution in [3.63, 3.8) is 0 Å². The standard InChI is InChI=1S/C16H9FN4O2S.BF4/c17-13-7-2-1-6-12(13)15-19-20-9-14(18-16(20)24-15)10-4-3-5-11(8-10)21(22)23;2-1(3,4)5/h1-9H;/q;-1/p+1. The molecule has 2 aromatic heterocycles. The van der Waals surface area contributed by atoms with Crippen LogP contribution in [0, 0.1) is 15.9 Å². The van der Waals surface area contributed by atoms with Gasteiger partial charge in [-0.15, -0.1) is 0 Å². The predicted molar refractivity (Wildman–Crippen MR) is 99.6 cm³/mol. The van der Waals surface area contributed by atoms with Crippen LogP contribution in [0.4, 0.5) is 27.3 Å². The number of nitro groups is 1. The lowest BCUT2D eigenvalue weighted by Crippen LogP contribution is -2.02. The van der Waals surface area contributed by atoms with Gasteiger partial charge in [0.15, 0.2) is 5.01 Å². The number of fused-ring (bicyclic) bond motifs is 1. The summed E-state index contributed by atoms with van der Waals surface area (Å²) in [5.41, 5.74) is 1.64. The summed E-state index contributed by atoms with van der Waals surface area (Å²) in [6.07, 6.45) is 1.68. The van der Waals surface area contributed by atoms with Crippen LogP contribution in [0.3, 0.4) is 0 Å². The van der Waals surface area contributed by atoms with E-state index in [1.165, 1.54) is 29.5 Å². The smallest absolute Gasteiger partial charge is 0.418 e. The Labute approximate surface area is 165 Å². The summed E-state index contributed by atoms with van der Waals surface area (Å²) in [6.45, 7) is 0. The molecule has 0 aliphatic carbocycles. The molecule has 29 heavy (non-hydrogen) atoms. The van der Waals surface area contributed by atoms with Gasteiger partial charge in [-0.2, -0.15) is 5.10 Å². The van der Waals surface area contributed by atoms with Gasteiger partial charge in [0.1, 0.15) is 5.82 Å². The fourth-order valence-electron chi connectivity index (χ4n) is 2.36. The second kappa shape index (κ2) is 7.95. The van der Waals surface area contributed by atoms with Gasteiger partial charge in [-0.1, -0.05) is 35.6 Å². The molecule has 0 aliphatic rings. The van der Waals surface area contributed by atoms with Crippen molar-refractivity contribution in [1.82, 2.24) is 14.6 Å². The van der Waals surface area contributed by atoms with E-state index in [0.29, 0.717) is 26.8 Å². The number of benzene rings is 2. The Hall–Kier alpha value is -3.35.